The van der Waals surface area contributed by atoms with E-state index in [9.17, 15) is 9.90 Å². The second kappa shape index (κ2) is 13.1. The lowest BCUT2D eigenvalue weighted by Gasteiger charge is -2.21. The van der Waals surface area contributed by atoms with Gasteiger partial charge in [0.2, 0.25) is 0 Å². The standard InChI is InChI=1S/C31H36N4O4/c1-4-22-21(17-33-27(19-36)20-11-8-7-9-12-20)13-10-14-25(22)35-30-23-15-28(38-5-2)29(39-6-3)16-26(23)34-18-24(30)31(32)37/h7-16,18,27,33,36H,4-6,17,19H2,1-3H3,(H2,32,37)(H,34,35)/t27-/m0/s1. The van der Waals surface area contributed by atoms with E-state index in [-0.39, 0.29) is 18.2 Å². The number of benzene rings is 3. The lowest BCUT2D eigenvalue weighted by molar-refractivity contribution is 0.100. The molecule has 5 N–H and O–H groups in total. The fraction of sp³-hybridized carbons (Fsp3) is 0.290. The maximum absolute atomic E-state index is 12.5. The summed E-state index contributed by atoms with van der Waals surface area (Å²) in [6.45, 7) is 7.40. The monoisotopic (exact) mass is 528 g/mol. The molecule has 204 valence electrons. The summed E-state index contributed by atoms with van der Waals surface area (Å²) in [5, 5.41) is 17.7. The van der Waals surface area contributed by atoms with Gasteiger partial charge in [-0.1, -0.05) is 49.4 Å². The summed E-state index contributed by atoms with van der Waals surface area (Å²) >= 11 is 0. The number of anilines is 2. The minimum Gasteiger partial charge on any atom is -0.490 e. The maximum Gasteiger partial charge on any atom is 0.252 e. The average molecular weight is 529 g/mol. The zero-order valence-electron chi connectivity index (χ0n) is 22.7. The molecule has 3 aromatic carbocycles. The van der Waals surface area contributed by atoms with Crippen LogP contribution in [0.1, 0.15) is 53.9 Å². The van der Waals surface area contributed by atoms with Gasteiger partial charge in [0.15, 0.2) is 11.5 Å². The normalized spacial score (nSPS) is 11.8. The second-order valence-corrected chi connectivity index (χ2v) is 9.04. The van der Waals surface area contributed by atoms with Crippen LogP contribution in [0.15, 0.2) is 66.9 Å². The van der Waals surface area contributed by atoms with Crippen LogP contribution >= 0.6 is 0 Å². The van der Waals surface area contributed by atoms with E-state index in [1.165, 1.54) is 6.20 Å². The Morgan fingerprint density at radius 2 is 1.72 bits per heavy atom. The molecule has 1 amide bonds. The molecule has 4 aromatic rings. The molecule has 1 aromatic heterocycles. The Morgan fingerprint density at radius 3 is 2.36 bits per heavy atom. The van der Waals surface area contributed by atoms with Gasteiger partial charge in [0, 0.05) is 29.9 Å². The van der Waals surface area contributed by atoms with E-state index >= 15 is 0 Å². The number of pyridine rings is 1. The van der Waals surface area contributed by atoms with Crippen LogP contribution in [0.4, 0.5) is 11.4 Å². The average Bonchev–Trinajstić information content (AvgIpc) is 2.95. The van der Waals surface area contributed by atoms with Crippen molar-refractivity contribution in [1.82, 2.24) is 10.3 Å². The van der Waals surface area contributed by atoms with E-state index in [1.807, 2.05) is 68.4 Å². The van der Waals surface area contributed by atoms with Crippen LogP contribution < -0.4 is 25.8 Å². The first-order chi connectivity index (χ1) is 19.0. The summed E-state index contributed by atoms with van der Waals surface area (Å²) in [6.07, 6.45) is 2.24. The van der Waals surface area contributed by atoms with Crippen molar-refractivity contribution in [1.29, 1.82) is 0 Å². The number of aliphatic hydroxyl groups is 1. The van der Waals surface area contributed by atoms with Crippen molar-refractivity contribution in [2.45, 2.75) is 39.8 Å². The van der Waals surface area contributed by atoms with Crippen molar-refractivity contribution in [2.24, 2.45) is 5.73 Å². The Morgan fingerprint density at radius 1 is 1.00 bits per heavy atom. The number of primary amides is 1. The maximum atomic E-state index is 12.5. The molecule has 39 heavy (non-hydrogen) atoms. The number of carbonyl (C=O) groups excluding carboxylic acids is 1. The fourth-order valence-corrected chi connectivity index (χ4v) is 4.73. The first kappa shape index (κ1) is 27.9. The summed E-state index contributed by atoms with van der Waals surface area (Å²) < 4.78 is 11.6. The van der Waals surface area contributed by atoms with Crippen LogP contribution in [-0.4, -0.2) is 35.8 Å². The molecule has 1 heterocycles. The first-order valence-electron chi connectivity index (χ1n) is 13.3. The van der Waals surface area contributed by atoms with Crippen molar-refractivity contribution in [3.05, 3.63) is 89.1 Å². The quantitative estimate of drug-likeness (QED) is 0.187. The third-order valence-corrected chi connectivity index (χ3v) is 6.61. The molecular formula is C31H36N4O4. The molecule has 0 saturated heterocycles. The van der Waals surface area contributed by atoms with Crippen LogP contribution in [0.5, 0.6) is 11.5 Å². The molecule has 8 nitrogen and oxygen atoms in total. The molecule has 8 heteroatoms. The molecule has 0 fully saturated rings. The Kier molecular flexibility index (Phi) is 9.35. The van der Waals surface area contributed by atoms with Crippen molar-refractivity contribution < 1.29 is 19.4 Å². The lowest BCUT2D eigenvalue weighted by atomic mass is 10.0. The second-order valence-electron chi connectivity index (χ2n) is 9.04. The van der Waals surface area contributed by atoms with Gasteiger partial charge in [-0.2, -0.15) is 0 Å². The van der Waals surface area contributed by atoms with Crippen LogP contribution in [0.25, 0.3) is 10.9 Å². The van der Waals surface area contributed by atoms with E-state index in [0.29, 0.717) is 47.8 Å². The molecule has 0 saturated carbocycles. The van der Waals surface area contributed by atoms with Gasteiger partial charge in [0.05, 0.1) is 42.6 Å². The Hall–Kier alpha value is -4.14. The number of aromatic nitrogens is 1. The first-order valence-corrected chi connectivity index (χ1v) is 13.3. The van der Waals surface area contributed by atoms with Gasteiger partial charge in [-0.25, -0.2) is 0 Å². The molecule has 4 rings (SSSR count). The summed E-state index contributed by atoms with van der Waals surface area (Å²) in [5.74, 6) is 0.586. The minimum absolute atomic E-state index is 0.0136. The van der Waals surface area contributed by atoms with Gasteiger partial charge in [-0.05, 0) is 49.1 Å². The number of ether oxygens (including phenoxy) is 2. The predicted molar refractivity (Wildman–Crippen MR) is 155 cm³/mol. The third-order valence-electron chi connectivity index (χ3n) is 6.61. The lowest BCUT2D eigenvalue weighted by Crippen LogP contribution is -2.24. The largest absolute Gasteiger partial charge is 0.490 e. The molecule has 1 atom stereocenters. The summed E-state index contributed by atoms with van der Waals surface area (Å²) in [6, 6.07) is 19.4. The van der Waals surface area contributed by atoms with E-state index in [1.54, 1.807) is 0 Å². The number of nitrogens with two attached hydrogens (primary N) is 1. The van der Waals surface area contributed by atoms with Gasteiger partial charge < -0.3 is 30.9 Å². The number of hydrogen-bond acceptors (Lipinski definition) is 7. The van der Waals surface area contributed by atoms with Gasteiger partial charge in [0.1, 0.15) is 0 Å². The van der Waals surface area contributed by atoms with Crippen molar-refractivity contribution in [2.75, 3.05) is 25.1 Å². The highest BCUT2D eigenvalue weighted by atomic mass is 16.5. The Balaban J connectivity index is 1.73. The number of amides is 1. The van der Waals surface area contributed by atoms with E-state index in [2.05, 4.69) is 28.6 Å². The Labute approximate surface area is 229 Å². The number of hydrogen-bond donors (Lipinski definition) is 4. The number of rotatable bonds is 13. The number of nitrogens with one attached hydrogen (secondary N) is 2. The van der Waals surface area contributed by atoms with E-state index in [0.717, 1.165) is 28.8 Å². The molecule has 0 aliphatic carbocycles. The third kappa shape index (κ3) is 6.30. The zero-order valence-corrected chi connectivity index (χ0v) is 22.7. The minimum atomic E-state index is -0.580. The van der Waals surface area contributed by atoms with Crippen LogP contribution in [0.2, 0.25) is 0 Å². The zero-order chi connectivity index (χ0) is 27.8. The molecule has 0 aliphatic heterocycles. The van der Waals surface area contributed by atoms with Crippen LogP contribution in [-0.2, 0) is 13.0 Å². The van der Waals surface area contributed by atoms with Crippen LogP contribution in [0, 0.1) is 0 Å². The number of fused-ring (bicyclic) bond motifs is 1. The molecule has 0 bridgehead atoms. The van der Waals surface area contributed by atoms with E-state index < -0.39 is 5.91 Å². The van der Waals surface area contributed by atoms with Gasteiger partial charge >= 0.3 is 0 Å². The summed E-state index contributed by atoms with van der Waals surface area (Å²) in [7, 11) is 0. The predicted octanol–water partition coefficient (Wildman–Crippen LogP) is 5.26. The Bertz CT molecular complexity index is 1430. The van der Waals surface area contributed by atoms with Crippen LogP contribution in [0.3, 0.4) is 0 Å². The molecule has 0 spiro atoms. The topological polar surface area (TPSA) is 119 Å². The highest BCUT2D eigenvalue weighted by Crippen LogP contribution is 2.38. The molecule has 0 radical (unpaired) electrons. The highest BCUT2D eigenvalue weighted by molar-refractivity contribution is 6.08. The van der Waals surface area contributed by atoms with Gasteiger partial charge in [0.25, 0.3) is 5.91 Å². The van der Waals surface area contributed by atoms with Crippen molar-refractivity contribution in [3.63, 3.8) is 0 Å². The van der Waals surface area contributed by atoms with Gasteiger partial charge in [-0.15, -0.1) is 0 Å². The smallest absolute Gasteiger partial charge is 0.252 e. The van der Waals surface area contributed by atoms with Crippen molar-refractivity contribution >= 4 is 28.2 Å². The fourth-order valence-electron chi connectivity index (χ4n) is 4.73. The van der Waals surface area contributed by atoms with E-state index in [4.69, 9.17) is 15.2 Å². The van der Waals surface area contributed by atoms with Crippen molar-refractivity contribution in [3.8, 4) is 11.5 Å². The summed E-state index contributed by atoms with van der Waals surface area (Å²) in [4.78, 5) is 16.9. The number of carbonyl (C=O) groups is 1. The SMILES string of the molecule is CCOc1cc2ncc(C(N)=O)c(Nc3cccc(CN[C@@H](CO)c4ccccc4)c3CC)c2cc1OCC. The highest BCUT2D eigenvalue weighted by Gasteiger charge is 2.19. The van der Waals surface area contributed by atoms with Gasteiger partial charge in [-0.3, -0.25) is 9.78 Å². The summed E-state index contributed by atoms with van der Waals surface area (Å²) in [5.41, 5.74) is 11.3. The molecule has 0 unspecified atom stereocenters. The number of nitrogens with zero attached hydrogens (tertiary/aromatic N) is 1. The molecular weight excluding hydrogens is 492 g/mol. The number of aliphatic hydroxyl groups excluding tert-OH is 1. The molecule has 0 aliphatic rings.